The van der Waals surface area contributed by atoms with Gasteiger partial charge in [-0.1, -0.05) is 26.1 Å². The van der Waals surface area contributed by atoms with Crippen LogP contribution in [0.5, 0.6) is 0 Å². The van der Waals surface area contributed by atoms with Crippen molar-refractivity contribution in [1.82, 2.24) is 9.97 Å². The van der Waals surface area contributed by atoms with Crippen LogP contribution in [0.1, 0.15) is 31.8 Å². The lowest BCUT2D eigenvalue weighted by Gasteiger charge is -2.06. The molecule has 3 nitrogen and oxygen atoms in total. The monoisotopic (exact) mass is 226 g/mol. The maximum Gasteiger partial charge on any atom is 0.130 e. The molecule has 1 rings (SSSR count). The van der Waals surface area contributed by atoms with Gasteiger partial charge in [0.05, 0.1) is 6.61 Å². The molecule has 84 valence electrons. The second kappa shape index (κ2) is 5.98. The summed E-state index contributed by atoms with van der Waals surface area (Å²) in [5.41, 5.74) is 0.997. The Bertz CT molecular complexity index is 360. The number of nitrogens with zero attached hydrogens (tertiary/aromatic N) is 1. The molecule has 1 aromatic heterocycles. The molecule has 1 heterocycles. The number of H-pyrrole nitrogens is 1. The fraction of sp³-hybridized carbons (Fsp3) is 0.636. The molecule has 4 heteroatoms. The number of aromatic amines is 1. The molecule has 0 atom stereocenters. The number of aromatic nitrogens is 2. The summed E-state index contributed by atoms with van der Waals surface area (Å²) in [7, 11) is 1.67. The molecular formula is C11H18N2OS. The molecule has 15 heavy (non-hydrogen) atoms. The molecule has 0 saturated carbocycles. The van der Waals surface area contributed by atoms with E-state index in [2.05, 4.69) is 23.8 Å². The van der Waals surface area contributed by atoms with Crippen LogP contribution in [0.3, 0.4) is 0 Å². The van der Waals surface area contributed by atoms with Crippen LogP contribution in [0.15, 0.2) is 6.07 Å². The molecule has 0 aliphatic heterocycles. The molecule has 0 aromatic carbocycles. The van der Waals surface area contributed by atoms with Crippen molar-refractivity contribution in [3.63, 3.8) is 0 Å². The minimum absolute atomic E-state index is 0.556. The lowest BCUT2D eigenvalue weighted by molar-refractivity contribution is 0.181. The molecule has 0 radical (unpaired) electrons. The summed E-state index contributed by atoms with van der Waals surface area (Å²) in [6, 6.07) is 1.84. The Kier molecular flexibility index (Phi) is 4.91. The molecule has 0 bridgehead atoms. The predicted molar refractivity (Wildman–Crippen MR) is 63.3 cm³/mol. The summed E-state index contributed by atoms with van der Waals surface area (Å²) >= 11 is 5.09. The Labute approximate surface area is 95.9 Å². The van der Waals surface area contributed by atoms with Crippen LogP contribution >= 0.6 is 12.2 Å². The Morgan fingerprint density at radius 3 is 2.87 bits per heavy atom. The number of aryl methyl sites for hydroxylation is 1. The molecule has 0 unspecified atom stereocenters. The van der Waals surface area contributed by atoms with Gasteiger partial charge in [0, 0.05) is 19.2 Å². The lowest BCUT2D eigenvalue weighted by Crippen LogP contribution is -2.02. The highest BCUT2D eigenvalue weighted by Gasteiger charge is 2.01. The van der Waals surface area contributed by atoms with Crippen molar-refractivity contribution in [2.45, 2.75) is 33.3 Å². The first-order valence-corrected chi connectivity index (χ1v) is 5.60. The maximum absolute atomic E-state index is 5.09. The van der Waals surface area contributed by atoms with Gasteiger partial charge in [-0.3, -0.25) is 0 Å². The highest BCUT2D eigenvalue weighted by atomic mass is 32.1. The minimum Gasteiger partial charge on any atom is -0.378 e. The molecular weight excluding hydrogens is 208 g/mol. The van der Waals surface area contributed by atoms with E-state index in [-0.39, 0.29) is 0 Å². The van der Waals surface area contributed by atoms with Crippen LogP contribution < -0.4 is 0 Å². The van der Waals surface area contributed by atoms with Gasteiger partial charge in [-0.05, 0) is 18.4 Å². The molecule has 0 saturated heterocycles. The minimum atomic E-state index is 0.556. The lowest BCUT2D eigenvalue weighted by atomic mass is 10.1. The molecule has 0 spiro atoms. The third-order valence-corrected chi connectivity index (χ3v) is 2.32. The molecule has 1 N–H and O–H groups in total. The standard InChI is InChI=1S/C11H18N2OS/c1-8(2)4-5-10-12-9(7-14-3)6-11(15)13-10/h6,8H,4-5,7H2,1-3H3,(H,12,13,15). The van der Waals surface area contributed by atoms with E-state index in [1.165, 1.54) is 0 Å². The predicted octanol–water partition coefficient (Wildman–Crippen LogP) is 2.87. The van der Waals surface area contributed by atoms with Crippen molar-refractivity contribution in [3.05, 3.63) is 22.2 Å². The Morgan fingerprint density at radius 2 is 2.27 bits per heavy atom. The second-order valence-corrected chi connectivity index (χ2v) is 4.48. The summed E-state index contributed by atoms with van der Waals surface area (Å²) in [5.74, 6) is 1.64. The number of methoxy groups -OCH3 is 1. The van der Waals surface area contributed by atoms with Crippen molar-refractivity contribution < 1.29 is 4.74 Å². The van der Waals surface area contributed by atoms with E-state index in [1.54, 1.807) is 7.11 Å². The van der Waals surface area contributed by atoms with Gasteiger partial charge in [0.15, 0.2) is 0 Å². The van der Waals surface area contributed by atoms with Crippen LogP contribution in [-0.2, 0) is 17.8 Å². The van der Waals surface area contributed by atoms with Gasteiger partial charge in [0.2, 0.25) is 0 Å². The maximum atomic E-state index is 5.09. The molecule has 0 amide bonds. The average molecular weight is 226 g/mol. The highest BCUT2D eigenvalue weighted by Crippen LogP contribution is 2.06. The third kappa shape index (κ3) is 4.53. The molecule has 0 aliphatic rings. The van der Waals surface area contributed by atoms with E-state index < -0.39 is 0 Å². The molecule has 0 aliphatic carbocycles. The largest absolute Gasteiger partial charge is 0.378 e. The fourth-order valence-corrected chi connectivity index (χ4v) is 1.59. The Balaban J connectivity index is 2.75. The smallest absolute Gasteiger partial charge is 0.130 e. The Morgan fingerprint density at radius 1 is 1.53 bits per heavy atom. The van der Waals surface area contributed by atoms with Crippen molar-refractivity contribution in [3.8, 4) is 0 Å². The normalized spacial score (nSPS) is 10.9. The summed E-state index contributed by atoms with van der Waals surface area (Å²) in [4.78, 5) is 7.53. The first kappa shape index (κ1) is 12.3. The van der Waals surface area contributed by atoms with Crippen LogP contribution in [0.2, 0.25) is 0 Å². The van der Waals surface area contributed by atoms with Gasteiger partial charge >= 0.3 is 0 Å². The van der Waals surface area contributed by atoms with Crippen LogP contribution in [0.4, 0.5) is 0 Å². The average Bonchev–Trinajstić information content (AvgIpc) is 2.14. The van der Waals surface area contributed by atoms with Gasteiger partial charge in [0.25, 0.3) is 0 Å². The summed E-state index contributed by atoms with van der Waals surface area (Å²) in [6.07, 6.45) is 2.06. The quantitative estimate of drug-likeness (QED) is 0.784. The third-order valence-electron chi connectivity index (χ3n) is 2.11. The van der Waals surface area contributed by atoms with E-state index >= 15 is 0 Å². The number of hydrogen-bond acceptors (Lipinski definition) is 3. The zero-order chi connectivity index (χ0) is 11.3. The molecule has 0 fully saturated rings. The van der Waals surface area contributed by atoms with Crippen LogP contribution in [0, 0.1) is 10.6 Å². The van der Waals surface area contributed by atoms with Gasteiger partial charge < -0.3 is 9.72 Å². The van der Waals surface area contributed by atoms with Gasteiger partial charge in [-0.25, -0.2) is 4.98 Å². The summed E-state index contributed by atoms with van der Waals surface area (Å²) < 4.78 is 5.70. The SMILES string of the molecule is COCc1cc(=S)nc(CCC(C)C)[nH]1. The Hall–Kier alpha value is -0.740. The van der Waals surface area contributed by atoms with E-state index in [0.717, 1.165) is 24.4 Å². The highest BCUT2D eigenvalue weighted by molar-refractivity contribution is 7.71. The van der Waals surface area contributed by atoms with Gasteiger partial charge in [-0.2, -0.15) is 0 Å². The van der Waals surface area contributed by atoms with E-state index in [9.17, 15) is 0 Å². The van der Waals surface area contributed by atoms with Crippen LogP contribution in [0.25, 0.3) is 0 Å². The number of rotatable bonds is 5. The zero-order valence-electron chi connectivity index (χ0n) is 9.54. The first-order valence-electron chi connectivity index (χ1n) is 5.20. The number of nitrogens with one attached hydrogen (secondary N) is 1. The van der Waals surface area contributed by atoms with Gasteiger partial charge in [0.1, 0.15) is 10.5 Å². The first-order chi connectivity index (χ1) is 7.11. The van der Waals surface area contributed by atoms with Crippen molar-refractivity contribution in [2.24, 2.45) is 5.92 Å². The van der Waals surface area contributed by atoms with Crippen molar-refractivity contribution >= 4 is 12.2 Å². The fourth-order valence-electron chi connectivity index (χ4n) is 1.34. The van der Waals surface area contributed by atoms with Crippen LogP contribution in [-0.4, -0.2) is 17.1 Å². The summed E-state index contributed by atoms with van der Waals surface area (Å²) in [5, 5.41) is 0. The van der Waals surface area contributed by atoms with E-state index in [0.29, 0.717) is 17.2 Å². The van der Waals surface area contributed by atoms with Crippen molar-refractivity contribution in [1.29, 1.82) is 0 Å². The zero-order valence-corrected chi connectivity index (χ0v) is 10.4. The van der Waals surface area contributed by atoms with Gasteiger partial charge in [-0.15, -0.1) is 0 Å². The molecule has 1 aromatic rings. The summed E-state index contributed by atoms with van der Waals surface area (Å²) in [6.45, 7) is 4.96. The number of ether oxygens (including phenoxy) is 1. The second-order valence-electron chi connectivity index (χ2n) is 4.06. The van der Waals surface area contributed by atoms with E-state index in [1.807, 2.05) is 6.07 Å². The van der Waals surface area contributed by atoms with Crippen molar-refractivity contribution in [2.75, 3.05) is 7.11 Å². The number of hydrogen-bond donors (Lipinski definition) is 1. The topological polar surface area (TPSA) is 37.9 Å². The van der Waals surface area contributed by atoms with E-state index in [4.69, 9.17) is 17.0 Å².